The first-order valence-corrected chi connectivity index (χ1v) is 7.38. The zero-order chi connectivity index (χ0) is 16.4. The number of anilines is 2. The summed E-state index contributed by atoms with van der Waals surface area (Å²) in [5.74, 6) is 0.466. The summed E-state index contributed by atoms with van der Waals surface area (Å²) in [4.78, 5) is 8.44. The van der Waals surface area contributed by atoms with Crippen LogP contribution in [0.3, 0.4) is 0 Å². The van der Waals surface area contributed by atoms with Gasteiger partial charge in [0.25, 0.3) is 0 Å². The number of hydrogen-bond donors (Lipinski definition) is 1. The SMILES string of the molecule is N#Cc1cc(Nc2nc3cccc(-c4ccccc4)n3n2)ccn1. The molecule has 0 aliphatic rings. The van der Waals surface area contributed by atoms with E-state index in [2.05, 4.69) is 20.4 Å². The van der Waals surface area contributed by atoms with E-state index in [1.807, 2.05) is 54.6 Å². The molecule has 1 N–H and O–H groups in total. The minimum Gasteiger partial charge on any atom is -0.323 e. The highest BCUT2D eigenvalue weighted by Crippen LogP contribution is 2.21. The molecule has 6 heteroatoms. The molecule has 114 valence electrons. The van der Waals surface area contributed by atoms with Crippen molar-refractivity contribution in [3.63, 3.8) is 0 Å². The molecule has 4 rings (SSSR count). The molecule has 0 atom stereocenters. The molecule has 0 amide bonds. The second-order valence-electron chi connectivity index (χ2n) is 5.15. The number of rotatable bonds is 3. The third-order valence-electron chi connectivity index (χ3n) is 3.56. The van der Waals surface area contributed by atoms with Crippen molar-refractivity contribution in [2.75, 3.05) is 5.32 Å². The first-order valence-electron chi connectivity index (χ1n) is 7.38. The fourth-order valence-electron chi connectivity index (χ4n) is 2.48. The van der Waals surface area contributed by atoms with Gasteiger partial charge in [-0.2, -0.15) is 10.2 Å². The van der Waals surface area contributed by atoms with Crippen LogP contribution < -0.4 is 5.32 Å². The van der Waals surface area contributed by atoms with Gasteiger partial charge in [-0.05, 0) is 24.3 Å². The lowest BCUT2D eigenvalue weighted by Crippen LogP contribution is -1.96. The second kappa shape index (κ2) is 5.82. The predicted molar refractivity (Wildman–Crippen MR) is 90.7 cm³/mol. The second-order valence-corrected chi connectivity index (χ2v) is 5.15. The van der Waals surface area contributed by atoms with E-state index in [0.29, 0.717) is 11.6 Å². The number of nitrogens with zero attached hydrogens (tertiary/aromatic N) is 5. The monoisotopic (exact) mass is 312 g/mol. The van der Waals surface area contributed by atoms with Crippen LogP contribution in [0.2, 0.25) is 0 Å². The van der Waals surface area contributed by atoms with Gasteiger partial charge in [-0.1, -0.05) is 36.4 Å². The van der Waals surface area contributed by atoms with Crippen LogP contribution in [0.1, 0.15) is 5.69 Å². The van der Waals surface area contributed by atoms with Crippen molar-refractivity contribution in [3.05, 3.63) is 72.6 Å². The number of nitrogens with one attached hydrogen (secondary N) is 1. The molecule has 6 nitrogen and oxygen atoms in total. The highest BCUT2D eigenvalue weighted by Gasteiger charge is 2.09. The Bertz CT molecular complexity index is 1050. The van der Waals surface area contributed by atoms with E-state index in [0.717, 1.165) is 22.6 Å². The van der Waals surface area contributed by atoms with Gasteiger partial charge in [-0.25, -0.2) is 9.50 Å². The first-order chi connectivity index (χ1) is 11.8. The summed E-state index contributed by atoms with van der Waals surface area (Å²) in [6, 6.07) is 21.3. The zero-order valence-electron chi connectivity index (χ0n) is 12.6. The van der Waals surface area contributed by atoms with Crippen LogP contribution in [0.4, 0.5) is 11.6 Å². The van der Waals surface area contributed by atoms with E-state index < -0.39 is 0 Å². The number of fused-ring (bicyclic) bond motifs is 1. The van der Waals surface area contributed by atoms with Crippen LogP contribution >= 0.6 is 0 Å². The van der Waals surface area contributed by atoms with Gasteiger partial charge >= 0.3 is 0 Å². The van der Waals surface area contributed by atoms with Gasteiger partial charge in [0, 0.05) is 17.4 Å². The summed E-state index contributed by atoms with van der Waals surface area (Å²) in [5.41, 5.74) is 3.83. The quantitative estimate of drug-likeness (QED) is 0.627. The lowest BCUT2D eigenvalue weighted by molar-refractivity contribution is 0.973. The maximum atomic E-state index is 8.93. The Kier molecular flexibility index (Phi) is 3.37. The van der Waals surface area contributed by atoms with Gasteiger partial charge in [0.2, 0.25) is 5.95 Å². The van der Waals surface area contributed by atoms with Crippen molar-refractivity contribution in [1.29, 1.82) is 5.26 Å². The summed E-state index contributed by atoms with van der Waals surface area (Å²) in [6.07, 6.45) is 1.58. The summed E-state index contributed by atoms with van der Waals surface area (Å²) in [6.45, 7) is 0. The van der Waals surface area contributed by atoms with Crippen LogP contribution in [0.5, 0.6) is 0 Å². The highest BCUT2D eigenvalue weighted by atomic mass is 15.4. The molecule has 0 unspecified atom stereocenters. The van der Waals surface area contributed by atoms with E-state index in [-0.39, 0.29) is 0 Å². The molecule has 24 heavy (non-hydrogen) atoms. The molecular formula is C18H12N6. The molecule has 1 aromatic carbocycles. The van der Waals surface area contributed by atoms with Gasteiger partial charge in [0.05, 0.1) is 5.69 Å². The van der Waals surface area contributed by atoms with Crippen molar-refractivity contribution in [2.45, 2.75) is 0 Å². The minimum absolute atomic E-state index is 0.341. The smallest absolute Gasteiger partial charge is 0.247 e. The molecule has 3 aromatic heterocycles. The standard InChI is InChI=1S/C18H12N6/c19-12-15-11-14(9-10-20-15)21-18-22-17-8-4-7-16(24(17)23-18)13-5-2-1-3-6-13/h1-11H,(H,20,21,23). The normalized spacial score (nSPS) is 10.5. The highest BCUT2D eigenvalue weighted by molar-refractivity contribution is 5.64. The van der Waals surface area contributed by atoms with Gasteiger partial charge in [0.1, 0.15) is 11.8 Å². The largest absolute Gasteiger partial charge is 0.323 e. The lowest BCUT2D eigenvalue weighted by atomic mass is 10.1. The molecule has 3 heterocycles. The molecule has 0 aliphatic heterocycles. The van der Waals surface area contributed by atoms with Gasteiger partial charge < -0.3 is 5.32 Å². The fourth-order valence-corrected chi connectivity index (χ4v) is 2.48. The number of nitriles is 1. The summed E-state index contributed by atoms with van der Waals surface area (Å²) >= 11 is 0. The molecule has 0 saturated heterocycles. The molecule has 0 fully saturated rings. The first kappa shape index (κ1) is 13.9. The topological polar surface area (TPSA) is 78.9 Å². The van der Waals surface area contributed by atoms with Crippen LogP contribution in [0.25, 0.3) is 16.9 Å². The maximum Gasteiger partial charge on any atom is 0.247 e. The molecule has 0 radical (unpaired) electrons. The average molecular weight is 312 g/mol. The summed E-state index contributed by atoms with van der Waals surface area (Å²) < 4.78 is 1.80. The Morgan fingerprint density at radius 2 is 1.88 bits per heavy atom. The summed E-state index contributed by atoms with van der Waals surface area (Å²) in [5, 5.41) is 16.6. The van der Waals surface area contributed by atoms with Crippen molar-refractivity contribution in [3.8, 4) is 17.3 Å². The number of pyridine rings is 2. The van der Waals surface area contributed by atoms with Gasteiger partial charge in [-0.15, -0.1) is 5.10 Å². The van der Waals surface area contributed by atoms with Crippen molar-refractivity contribution in [1.82, 2.24) is 19.6 Å². The number of hydrogen-bond acceptors (Lipinski definition) is 5. The van der Waals surface area contributed by atoms with Crippen LogP contribution in [0, 0.1) is 11.3 Å². The average Bonchev–Trinajstić information content (AvgIpc) is 3.05. The van der Waals surface area contributed by atoms with E-state index in [1.54, 1.807) is 22.8 Å². The Morgan fingerprint density at radius 1 is 1.00 bits per heavy atom. The predicted octanol–water partition coefficient (Wildman–Crippen LogP) is 3.41. The molecule has 0 aliphatic carbocycles. The Hall–Kier alpha value is -3.72. The van der Waals surface area contributed by atoms with Crippen LogP contribution in [-0.2, 0) is 0 Å². The molecule has 0 saturated carbocycles. The van der Waals surface area contributed by atoms with Crippen LogP contribution in [0.15, 0.2) is 66.9 Å². The molecule has 4 aromatic rings. The molecule has 0 bridgehead atoms. The van der Waals surface area contributed by atoms with E-state index in [4.69, 9.17) is 5.26 Å². The van der Waals surface area contributed by atoms with Crippen molar-refractivity contribution < 1.29 is 0 Å². The Morgan fingerprint density at radius 3 is 2.71 bits per heavy atom. The number of aromatic nitrogens is 4. The van der Waals surface area contributed by atoms with Crippen molar-refractivity contribution in [2.24, 2.45) is 0 Å². The summed E-state index contributed by atoms with van der Waals surface area (Å²) in [7, 11) is 0. The van der Waals surface area contributed by atoms with Crippen LogP contribution in [-0.4, -0.2) is 19.6 Å². The van der Waals surface area contributed by atoms with E-state index in [9.17, 15) is 0 Å². The Balaban J connectivity index is 1.75. The van der Waals surface area contributed by atoms with Gasteiger partial charge in [0.15, 0.2) is 5.65 Å². The maximum absolute atomic E-state index is 8.93. The third-order valence-corrected chi connectivity index (χ3v) is 3.56. The minimum atomic E-state index is 0.341. The van der Waals surface area contributed by atoms with Gasteiger partial charge in [-0.3, -0.25) is 0 Å². The lowest BCUT2D eigenvalue weighted by Gasteiger charge is -2.03. The Labute approximate surface area is 138 Å². The van der Waals surface area contributed by atoms with E-state index in [1.165, 1.54) is 0 Å². The zero-order valence-corrected chi connectivity index (χ0v) is 12.6. The molecular weight excluding hydrogens is 300 g/mol. The van der Waals surface area contributed by atoms with Crippen molar-refractivity contribution >= 4 is 17.3 Å². The third kappa shape index (κ3) is 2.55. The van der Waals surface area contributed by atoms with E-state index >= 15 is 0 Å². The number of benzene rings is 1. The molecule has 0 spiro atoms. The fraction of sp³-hybridized carbons (Fsp3) is 0.